The van der Waals surface area contributed by atoms with Crippen LogP contribution in [0.4, 0.5) is 11.5 Å². The zero-order valence-electron chi connectivity index (χ0n) is 5.56. The van der Waals surface area contributed by atoms with Crippen LogP contribution >= 0.6 is 11.6 Å². The molecule has 0 spiro atoms. The van der Waals surface area contributed by atoms with E-state index in [9.17, 15) is 0 Å². The molecule has 1 aromatic rings. The van der Waals surface area contributed by atoms with Crippen molar-refractivity contribution in [2.45, 2.75) is 6.92 Å². The van der Waals surface area contributed by atoms with E-state index < -0.39 is 0 Å². The molecule has 0 aliphatic rings. The number of aromatic nitrogens is 1. The van der Waals surface area contributed by atoms with Crippen LogP contribution in [0.15, 0.2) is 6.07 Å². The number of hydrogen-bond acceptors (Lipinski definition) is 3. The molecule has 0 fully saturated rings. The van der Waals surface area contributed by atoms with Gasteiger partial charge in [0.2, 0.25) is 0 Å². The van der Waals surface area contributed by atoms with Gasteiger partial charge in [-0.05, 0) is 18.6 Å². The van der Waals surface area contributed by atoms with Crippen molar-refractivity contribution >= 4 is 23.1 Å². The molecule has 1 heterocycles. The minimum absolute atomic E-state index is 0.296. The summed E-state index contributed by atoms with van der Waals surface area (Å²) >= 11 is 5.58. The third-order valence-electron chi connectivity index (χ3n) is 1.26. The smallest absolute Gasteiger partial charge is 0.148 e. The highest BCUT2D eigenvalue weighted by Crippen LogP contribution is 2.19. The molecule has 0 saturated carbocycles. The van der Waals surface area contributed by atoms with E-state index in [0.29, 0.717) is 16.7 Å². The van der Waals surface area contributed by atoms with Crippen molar-refractivity contribution in [3.05, 3.63) is 16.8 Å². The van der Waals surface area contributed by atoms with Crippen LogP contribution in [0.5, 0.6) is 0 Å². The summed E-state index contributed by atoms with van der Waals surface area (Å²) in [6.07, 6.45) is 0. The molecular weight excluding hydrogens is 150 g/mol. The van der Waals surface area contributed by atoms with E-state index in [4.69, 9.17) is 23.1 Å². The predicted octanol–water partition coefficient (Wildman–Crippen LogP) is 1.21. The van der Waals surface area contributed by atoms with Gasteiger partial charge in [0.25, 0.3) is 0 Å². The van der Waals surface area contributed by atoms with Crippen LogP contribution in [0.3, 0.4) is 0 Å². The van der Waals surface area contributed by atoms with Crippen molar-refractivity contribution in [1.29, 1.82) is 0 Å². The van der Waals surface area contributed by atoms with Gasteiger partial charge in [0.05, 0.1) is 5.69 Å². The number of aryl methyl sites for hydroxylation is 1. The standard InChI is InChI=1S/C6H8ClN3/c1-3-2-4(7)10-6(9)5(3)8/h2H,8H2,1H3,(H2,9,10). The first-order chi connectivity index (χ1) is 4.61. The molecule has 1 rings (SSSR count). The monoisotopic (exact) mass is 157 g/mol. The van der Waals surface area contributed by atoms with E-state index >= 15 is 0 Å². The average molecular weight is 158 g/mol. The molecule has 1 aromatic heterocycles. The van der Waals surface area contributed by atoms with Gasteiger partial charge in [-0.25, -0.2) is 4.98 Å². The van der Waals surface area contributed by atoms with Gasteiger partial charge in [-0.1, -0.05) is 11.6 Å². The molecule has 4 heteroatoms. The number of nitrogens with two attached hydrogens (primary N) is 2. The Morgan fingerprint density at radius 2 is 2.10 bits per heavy atom. The lowest BCUT2D eigenvalue weighted by atomic mass is 10.2. The Bertz CT molecular complexity index is 236. The molecule has 0 saturated heterocycles. The normalized spacial score (nSPS) is 9.80. The van der Waals surface area contributed by atoms with Crippen LogP contribution < -0.4 is 11.5 Å². The van der Waals surface area contributed by atoms with Crippen molar-refractivity contribution in [3.63, 3.8) is 0 Å². The molecule has 0 atom stereocenters. The topological polar surface area (TPSA) is 64.9 Å². The molecule has 3 nitrogen and oxygen atoms in total. The molecule has 0 bridgehead atoms. The summed E-state index contributed by atoms with van der Waals surface area (Å²) in [5, 5.41) is 0.379. The summed E-state index contributed by atoms with van der Waals surface area (Å²) in [5.74, 6) is 0.296. The SMILES string of the molecule is Cc1cc(Cl)nc(N)c1N. The van der Waals surface area contributed by atoms with E-state index in [1.54, 1.807) is 6.07 Å². The maximum Gasteiger partial charge on any atom is 0.148 e. The van der Waals surface area contributed by atoms with E-state index in [0.717, 1.165) is 5.56 Å². The molecule has 4 N–H and O–H groups in total. The predicted molar refractivity (Wildman–Crippen MR) is 42.8 cm³/mol. The van der Waals surface area contributed by atoms with Gasteiger partial charge in [0, 0.05) is 0 Å². The molecule has 0 aromatic carbocycles. The lowest BCUT2D eigenvalue weighted by Crippen LogP contribution is -1.99. The third-order valence-corrected chi connectivity index (χ3v) is 1.46. The van der Waals surface area contributed by atoms with E-state index in [-0.39, 0.29) is 0 Å². The highest BCUT2D eigenvalue weighted by molar-refractivity contribution is 6.29. The van der Waals surface area contributed by atoms with Gasteiger partial charge in [0.1, 0.15) is 11.0 Å². The Morgan fingerprint density at radius 3 is 2.60 bits per heavy atom. The van der Waals surface area contributed by atoms with Crippen molar-refractivity contribution in [3.8, 4) is 0 Å². The van der Waals surface area contributed by atoms with E-state index in [1.807, 2.05) is 6.92 Å². The summed E-state index contributed by atoms with van der Waals surface area (Å²) in [7, 11) is 0. The van der Waals surface area contributed by atoms with Crippen molar-refractivity contribution < 1.29 is 0 Å². The first-order valence-electron chi connectivity index (χ1n) is 2.79. The number of nitrogens with zero attached hydrogens (tertiary/aromatic N) is 1. The van der Waals surface area contributed by atoms with E-state index in [2.05, 4.69) is 4.98 Å². The number of halogens is 1. The van der Waals surface area contributed by atoms with Crippen LogP contribution in [0, 0.1) is 6.92 Å². The fraction of sp³-hybridized carbons (Fsp3) is 0.167. The largest absolute Gasteiger partial charge is 0.396 e. The van der Waals surface area contributed by atoms with Crippen LogP contribution in [0.1, 0.15) is 5.56 Å². The second kappa shape index (κ2) is 2.34. The van der Waals surface area contributed by atoms with Crippen molar-refractivity contribution in [1.82, 2.24) is 4.98 Å². The number of rotatable bonds is 0. The Hall–Kier alpha value is -0.960. The molecular formula is C6H8ClN3. The van der Waals surface area contributed by atoms with Crippen LogP contribution in [-0.4, -0.2) is 4.98 Å². The van der Waals surface area contributed by atoms with Gasteiger partial charge >= 0.3 is 0 Å². The van der Waals surface area contributed by atoms with Gasteiger partial charge in [-0.2, -0.15) is 0 Å². The maximum atomic E-state index is 5.58. The summed E-state index contributed by atoms with van der Waals surface area (Å²) in [5.41, 5.74) is 12.3. The van der Waals surface area contributed by atoms with Gasteiger partial charge < -0.3 is 11.5 Å². The van der Waals surface area contributed by atoms with Crippen molar-refractivity contribution in [2.24, 2.45) is 0 Å². The first-order valence-corrected chi connectivity index (χ1v) is 3.17. The average Bonchev–Trinajstić information content (AvgIpc) is 1.82. The van der Waals surface area contributed by atoms with Crippen molar-refractivity contribution in [2.75, 3.05) is 11.5 Å². The first kappa shape index (κ1) is 7.15. The Kier molecular flexibility index (Phi) is 1.68. The van der Waals surface area contributed by atoms with Crippen LogP contribution in [0.25, 0.3) is 0 Å². The Balaban J connectivity index is 3.31. The second-order valence-electron chi connectivity index (χ2n) is 2.06. The Labute approximate surface area is 64.0 Å². The molecule has 0 aliphatic heterocycles. The number of anilines is 2. The molecule has 0 aliphatic carbocycles. The molecule has 54 valence electrons. The zero-order chi connectivity index (χ0) is 7.72. The minimum atomic E-state index is 0.296. The number of hydrogen-bond donors (Lipinski definition) is 2. The lowest BCUT2D eigenvalue weighted by molar-refractivity contribution is 1.30. The molecule has 0 radical (unpaired) electrons. The lowest BCUT2D eigenvalue weighted by Gasteiger charge is -2.02. The van der Waals surface area contributed by atoms with Crippen LogP contribution in [-0.2, 0) is 0 Å². The van der Waals surface area contributed by atoms with Crippen LogP contribution in [0.2, 0.25) is 5.15 Å². The molecule has 0 unspecified atom stereocenters. The zero-order valence-corrected chi connectivity index (χ0v) is 6.31. The number of nitrogen functional groups attached to an aromatic ring is 2. The summed E-state index contributed by atoms with van der Waals surface area (Å²) in [6.45, 7) is 1.83. The highest BCUT2D eigenvalue weighted by Gasteiger charge is 2.00. The number of pyridine rings is 1. The van der Waals surface area contributed by atoms with Gasteiger partial charge in [-0.3, -0.25) is 0 Å². The summed E-state index contributed by atoms with van der Waals surface area (Å²) in [4.78, 5) is 3.75. The second-order valence-corrected chi connectivity index (χ2v) is 2.45. The minimum Gasteiger partial charge on any atom is -0.396 e. The maximum absolute atomic E-state index is 5.58. The summed E-state index contributed by atoms with van der Waals surface area (Å²) in [6, 6.07) is 1.67. The summed E-state index contributed by atoms with van der Waals surface area (Å²) < 4.78 is 0. The fourth-order valence-corrected chi connectivity index (χ4v) is 0.921. The molecule has 10 heavy (non-hydrogen) atoms. The quantitative estimate of drug-likeness (QED) is 0.557. The third kappa shape index (κ3) is 1.14. The Morgan fingerprint density at radius 1 is 1.50 bits per heavy atom. The highest BCUT2D eigenvalue weighted by atomic mass is 35.5. The molecule has 0 amide bonds. The van der Waals surface area contributed by atoms with E-state index in [1.165, 1.54) is 0 Å². The fourth-order valence-electron chi connectivity index (χ4n) is 0.666. The van der Waals surface area contributed by atoms with Gasteiger partial charge in [0.15, 0.2) is 0 Å². The van der Waals surface area contributed by atoms with Gasteiger partial charge in [-0.15, -0.1) is 0 Å².